The zero-order valence-electron chi connectivity index (χ0n) is 10.9. The Morgan fingerprint density at radius 3 is 2.89 bits per heavy atom. The Hall–Kier alpha value is -1.35. The molecule has 3 nitrogen and oxygen atoms in total. The Bertz CT molecular complexity index is 403. The first kappa shape index (κ1) is 13.1. The fraction of sp³-hybridized carbons (Fsp3) is 0.533. The molecule has 1 aromatic rings. The van der Waals surface area contributed by atoms with E-state index in [0.717, 1.165) is 32.2 Å². The molecule has 0 amide bonds. The summed E-state index contributed by atoms with van der Waals surface area (Å²) in [5.41, 5.74) is 2.54. The molecule has 0 aromatic heterocycles. The summed E-state index contributed by atoms with van der Waals surface area (Å²) in [6.45, 7) is 3.44. The van der Waals surface area contributed by atoms with Crippen LogP contribution in [0.1, 0.15) is 37.3 Å². The van der Waals surface area contributed by atoms with Crippen molar-refractivity contribution < 1.29 is 9.53 Å². The van der Waals surface area contributed by atoms with Gasteiger partial charge in [0.15, 0.2) is 0 Å². The topological polar surface area (TPSA) is 38.3 Å². The summed E-state index contributed by atoms with van der Waals surface area (Å²) < 4.78 is 5.30. The average Bonchev–Trinajstić information content (AvgIpc) is 2.43. The van der Waals surface area contributed by atoms with Gasteiger partial charge in [0.1, 0.15) is 6.04 Å². The highest BCUT2D eigenvalue weighted by Crippen LogP contribution is 2.16. The minimum Gasteiger partial charge on any atom is -0.465 e. The van der Waals surface area contributed by atoms with Crippen molar-refractivity contribution >= 4 is 5.97 Å². The third kappa shape index (κ3) is 3.33. The van der Waals surface area contributed by atoms with E-state index >= 15 is 0 Å². The van der Waals surface area contributed by atoms with Crippen LogP contribution in [0.25, 0.3) is 0 Å². The highest BCUT2D eigenvalue weighted by Gasteiger charge is 2.24. The SMILES string of the molecule is CCCCCOC(=O)C1Cc2ccccc2CN1. The molecule has 0 spiro atoms. The van der Waals surface area contributed by atoms with Gasteiger partial charge in [0.25, 0.3) is 0 Å². The van der Waals surface area contributed by atoms with E-state index in [0.29, 0.717) is 6.61 Å². The molecule has 0 saturated carbocycles. The molecule has 0 radical (unpaired) electrons. The minimum atomic E-state index is -0.179. The maximum Gasteiger partial charge on any atom is 0.323 e. The minimum absolute atomic E-state index is 0.111. The molecule has 1 aromatic carbocycles. The van der Waals surface area contributed by atoms with Gasteiger partial charge in [0.05, 0.1) is 6.61 Å². The molecule has 1 atom stereocenters. The number of unbranched alkanes of at least 4 members (excludes halogenated alkanes) is 2. The smallest absolute Gasteiger partial charge is 0.323 e. The highest BCUT2D eigenvalue weighted by molar-refractivity contribution is 5.76. The van der Waals surface area contributed by atoms with E-state index in [1.807, 2.05) is 12.1 Å². The molecule has 0 bridgehead atoms. The van der Waals surface area contributed by atoms with Crippen molar-refractivity contribution in [3.8, 4) is 0 Å². The van der Waals surface area contributed by atoms with Crippen LogP contribution in [0.5, 0.6) is 0 Å². The maximum atomic E-state index is 11.9. The number of hydrogen-bond acceptors (Lipinski definition) is 3. The van der Waals surface area contributed by atoms with Crippen LogP contribution in [0.3, 0.4) is 0 Å². The van der Waals surface area contributed by atoms with Gasteiger partial charge >= 0.3 is 5.97 Å². The molecule has 3 heteroatoms. The zero-order valence-corrected chi connectivity index (χ0v) is 10.9. The number of ether oxygens (including phenoxy) is 1. The first-order valence-electron chi connectivity index (χ1n) is 6.78. The number of rotatable bonds is 5. The molecule has 1 unspecified atom stereocenters. The Labute approximate surface area is 109 Å². The van der Waals surface area contributed by atoms with Crippen LogP contribution in [0, 0.1) is 0 Å². The van der Waals surface area contributed by atoms with Crippen LogP contribution in [0.4, 0.5) is 0 Å². The van der Waals surface area contributed by atoms with E-state index in [-0.39, 0.29) is 12.0 Å². The molecule has 1 N–H and O–H groups in total. The van der Waals surface area contributed by atoms with Gasteiger partial charge in [-0.1, -0.05) is 44.0 Å². The van der Waals surface area contributed by atoms with Crippen molar-refractivity contribution in [1.29, 1.82) is 0 Å². The van der Waals surface area contributed by atoms with Crippen molar-refractivity contribution in [2.24, 2.45) is 0 Å². The van der Waals surface area contributed by atoms with Crippen LogP contribution < -0.4 is 5.32 Å². The lowest BCUT2D eigenvalue weighted by molar-refractivity contribution is -0.146. The number of esters is 1. The molecule has 0 aliphatic carbocycles. The van der Waals surface area contributed by atoms with Gasteiger partial charge in [-0.2, -0.15) is 0 Å². The Morgan fingerprint density at radius 1 is 1.33 bits per heavy atom. The number of carbonyl (C=O) groups excluding carboxylic acids is 1. The number of nitrogens with one attached hydrogen (secondary N) is 1. The lowest BCUT2D eigenvalue weighted by Crippen LogP contribution is -2.42. The predicted octanol–water partition coefficient (Wildman–Crippen LogP) is 2.43. The monoisotopic (exact) mass is 247 g/mol. The first-order valence-corrected chi connectivity index (χ1v) is 6.78. The van der Waals surface area contributed by atoms with Gasteiger partial charge in [-0.05, 0) is 24.0 Å². The fourth-order valence-corrected chi connectivity index (χ4v) is 2.25. The maximum absolute atomic E-state index is 11.9. The fourth-order valence-electron chi connectivity index (χ4n) is 2.25. The molecular formula is C15H21NO2. The largest absolute Gasteiger partial charge is 0.465 e. The van der Waals surface area contributed by atoms with Gasteiger partial charge < -0.3 is 10.1 Å². The van der Waals surface area contributed by atoms with E-state index in [9.17, 15) is 4.79 Å². The van der Waals surface area contributed by atoms with Gasteiger partial charge in [-0.3, -0.25) is 4.79 Å². The van der Waals surface area contributed by atoms with E-state index in [4.69, 9.17) is 4.74 Å². The quantitative estimate of drug-likeness (QED) is 0.641. The van der Waals surface area contributed by atoms with Crippen molar-refractivity contribution in [2.45, 2.75) is 45.2 Å². The molecule has 1 aliphatic heterocycles. The van der Waals surface area contributed by atoms with Crippen molar-refractivity contribution in [2.75, 3.05) is 6.61 Å². The summed E-state index contributed by atoms with van der Waals surface area (Å²) in [7, 11) is 0. The van der Waals surface area contributed by atoms with Crippen molar-refractivity contribution in [1.82, 2.24) is 5.32 Å². The normalized spacial score (nSPS) is 18.2. The molecular weight excluding hydrogens is 226 g/mol. The van der Waals surface area contributed by atoms with Crippen LogP contribution >= 0.6 is 0 Å². The molecule has 2 rings (SSSR count). The second-order valence-electron chi connectivity index (χ2n) is 4.78. The highest BCUT2D eigenvalue weighted by atomic mass is 16.5. The number of hydrogen-bond donors (Lipinski definition) is 1. The Balaban J connectivity index is 1.83. The lowest BCUT2D eigenvalue weighted by atomic mass is 9.96. The zero-order chi connectivity index (χ0) is 12.8. The van der Waals surface area contributed by atoms with E-state index in [2.05, 4.69) is 24.4 Å². The first-order chi connectivity index (χ1) is 8.81. The molecule has 1 heterocycles. The number of fused-ring (bicyclic) bond motifs is 1. The third-order valence-corrected chi connectivity index (χ3v) is 3.36. The predicted molar refractivity (Wildman–Crippen MR) is 71.3 cm³/mol. The molecule has 98 valence electrons. The molecule has 0 fully saturated rings. The Morgan fingerprint density at radius 2 is 2.11 bits per heavy atom. The standard InChI is InChI=1S/C15H21NO2/c1-2-3-6-9-18-15(17)14-10-12-7-4-5-8-13(12)11-16-14/h4-5,7-8,14,16H,2-3,6,9-11H2,1H3. The van der Waals surface area contributed by atoms with E-state index < -0.39 is 0 Å². The second kappa shape index (κ2) is 6.55. The summed E-state index contributed by atoms with van der Waals surface area (Å²) in [5.74, 6) is -0.111. The van der Waals surface area contributed by atoms with Crippen LogP contribution in [-0.4, -0.2) is 18.6 Å². The van der Waals surface area contributed by atoms with Crippen LogP contribution in [0.2, 0.25) is 0 Å². The summed E-state index contributed by atoms with van der Waals surface area (Å²) in [6, 6.07) is 8.07. The summed E-state index contributed by atoms with van der Waals surface area (Å²) >= 11 is 0. The van der Waals surface area contributed by atoms with Gasteiger partial charge in [-0.15, -0.1) is 0 Å². The van der Waals surface area contributed by atoms with Gasteiger partial charge in [-0.25, -0.2) is 0 Å². The van der Waals surface area contributed by atoms with E-state index in [1.54, 1.807) is 0 Å². The third-order valence-electron chi connectivity index (χ3n) is 3.36. The molecule has 18 heavy (non-hydrogen) atoms. The van der Waals surface area contributed by atoms with Crippen molar-refractivity contribution in [3.05, 3.63) is 35.4 Å². The Kier molecular flexibility index (Phi) is 4.76. The molecule has 0 saturated heterocycles. The number of carbonyl (C=O) groups is 1. The van der Waals surface area contributed by atoms with E-state index in [1.165, 1.54) is 11.1 Å². The van der Waals surface area contributed by atoms with Gasteiger partial charge in [0.2, 0.25) is 0 Å². The van der Waals surface area contributed by atoms with Gasteiger partial charge in [0, 0.05) is 6.54 Å². The van der Waals surface area contributed by atoms with Crippen molar-refractivity contribution in [3.63, 3.8) is 0 Å². The average molecular weight is 247 g/mol. The summed E-state index contributed by atoms with van der Waals surface area (Å²) in [6.07, 6.45) is 3.97. The summed E-state index contributed by atoms with van der Waals surface area (Å²) in [5, 5.41) is 3.24. The lowest BCUT2D eigenvalue weighted by Gasteiger charge is -2.24. The number of benzene rings is 1. The van der Waals surface area contributed by atoms with Crippen LogP contribution in [0.15, 0.2) is 24.3 Å². The van der Waals surface area contributed by atoms with Crippen LogP contribution in [-0.2, 0) is 22.5 Å². The molecule has 1 aliphatic rings. The second-order valence-corrected chi connectivity index (χ2v) is 4.78. The summed E-state index contributed by atoms with van der Waals surface area (Å²) in [4.78, 5) is 11.9.